The summed E-state index contributed by atoms with van der Waals surface area (Å²) in [4.78, 5) is 15.0. The second-order valence-electron chi connectivity index (χ2n) is 2.76. The van der Waals surface area contributed by atoms with E-state index in [0.29, 0.717) is 11.4 Å². The maximum atomic E-state index is 11.1. The van der Waals surface area contributed by atoms with Crippen molar-refractivity contribution in [2.45, 2.75) is 0 Å². The van der Waals surface area contributed by atoms with Gasteiger partial charge in [-0.15, -0.1) is 0 Å². The van der Waals surface area contributed by atoms with E-state index < -0.39 is 5.97 Å². The van der Waals surface area contributed by atoms with Crippen LogP contribution in [0.2, 0.25) is 0 Å². The minimum absolute atomic E-state index is 0.191. The fraction of sp³-hybridized carbons (Fsp3) is 0.111. The SMILES string of the molecule is COC(=O)c1cc2cccn(O)c-2n1. The molecule has 2 rings (SSSR count). The number of rotatable bonds is 1. The molecule has 0 spiro atoms. The largest absolute Gasteiger partial charge is 0.464 e. The number of ether oxygens (including phenoxy) is 1. The van der Waals surface area contributed by atoms with E-state index in [0.717, 1.165) is 4.73 Å². The Morgan fingerprint density at radius 3 is 3.07 bits per heavy atom. The van der Waals surface area contributed by atoms with Crippen LogP contribution in [0.5, 0.6) is 0 Å². The van der Waals surface area contributed by atoms with E-state index in [-0.39, 0.29) is 5.69 Å². The van der Waals surface area contributed by atoms with Crippen molar-refractivity contribution >= 4 is 5.97 Å². The van der Waals surface area contributed by atoms with Gasteiger partial charge in [0.05, 0.1) is 7.11 Å². The second-order valence-corrected chi connectivity index (χ2v) is 2.76. The molecular formula is C9H8N2O3. The zero-order chi connectivity index (χ0) is 10.1. The number of pyridine rings is 1. The van der Waals surface area contributed by atoms with Gasteiger partial charge in [-0.05, 0) is 18.2 Å². The molecule has 0 radical (unpaired) electrons. The van der Waals surface area contributed by atoms with E-state index in [9.17, 15) is 10.0 Å². The molecule has 0 saturated carbocycles. The normalized spacial score (nSPS) is 10.4. The van der Waals surface area contributed by atoms with Gasteiger partial charge in [-0.2, -0.15) is 4.73 Å². The average molecular weight is 192 g/mol. The summed E-state index contributed by atoms with van der Waals surface area (Å²) in [6.45, 7) is 0. The van der Waals surface area contributed by atoms with E-state index in [1.807, 2.05) is 0 Å². The Morgan fingerprint density at radius 2 is 2.43 bits per heavy atom. The fourth-order valence-corrected chi connectivity index (χ4v) is 1.24. The first-order chi connectivity index (χ1) is 6.72. The highest BCUT2D eigenvalue weighted by Crippen LogP contribution is 2.21. The zero-order valence-corrected chi connectivity index (χ0v) is 7.47. The molecule has 72 valence electrons. The molecule has 5 heteroatoms. The Morgan fingerprint density at radius 1 is 1.64 bits per heavy atom. The molecule has 2 heterocycles. The molecule has 0 aromatic carbocycles. The summed E-state index contributed by atoms with van der Waals surface area (Å²) in [7, 11) is 1.29. The second kappa shape index (κ2) is 3.02. The molecule has 0 bridgehead atoms. The van der Waals surface area contributed by atoms with E-state index in [2.05, 4.69) is 9.72 Å². The van der Waals surface area contributed by atoms with Crippen LogP contribution in [0.3, 0.4) is 0 Å². The summed E-state index contributed by atoms with van der Waals surface area (Å²) in [5.41, 5.74) is 0.881. The van der Waals surface area contributed by atoms with Gasteiger partial charge in [0.25, 0.3) is 0 Å². The van der Waals surface area contributed by atoms with Crippen LogP contribution in [0.1, 0.15) is 10.5 Å². The predicted octanol–water partition coefficient (Wildman–Crippen LogP) is 1.01. The molecule has 0 unspecified atom stereocenters. The smallest absolute Gasteiger partial charge is 0.356 e. The van der Waals surface area contributed by atoms with Gasteiger partial charge in [-0.25, -0.2) is 9.78 Å². The maximum absolute atomic E-state index is 11.1. The molecule has 0 amide bonds. The Kier molecular flexibility index (Phi) is 1.85. The monoisotopic (exact) mass is 192 g/mol. The van der Waals surface area contributed by atoms with Crippen molar-refractivity contribution in [3.63, 3.8) is 0 Å². The van der Waals surface area contributed by atoms with Crippen molar-refractivity contribution in [3.05, 3.63) is 30.1 Å². The van der Waals surface area contributed by atoms with Crippen LogP contribution in [0.25, 0.3) is 11.4 Å². The van der Waals surface area contributed by atoms with Crippen LogP contribution >= 0.6 is 0 Å². The number of hydrogen-bond acceptors (Lipinski definition) is 4. The molecular weight excluding hydrogens is 184 g/mol. The van der Waals surface area contributed by atoms with E-state index in [4.69, 9.17) is 0 Å². The summed E-state index contributed by atoms with van der Waals surface area (Å²) in [5.74, 6) is -0.172. The Balaban J connectivity index is 2.57. The minimum Gasteiger partial charge on any atom is -0.464 e. The molecule has 0 saturated heterocycles. The highest BCUT2D eigenvalue weighted by Gasteiger charge is 2.16. The number of esters is 1. The zero-order valence-electron chi connectivity index (χ0n) is 7.47. The lowest BCUT2D eigenvalue weighted by Gasteiger charge is -2.00. The van der Waals surface area contributed by atoms with Crippen molar-refractivity contribution in [2.75, 3.05) is 7.11 Å². The van der Waals surface area contributed by atoms with Gasteiger partial charge < -0.3 is 9.94 Å². The molecule has 0 fully saturated rings. The third kappa shape index (κ3) is 1.19. The van der Waals surface area contributed by atoms with Crippen LogP contribution in [0, 0.1) is 0 Å². The number of carbonyl (C=O) groups is 1. The Hall–Kier alpha value is -2.04. The van der Waals surface area contributed by atoms with Crippen LogP contribution in [0.4, 0.5) is 0 Å². The lowest BCUT2D eigenvalue weighted by Crippen LogP contribution is -2.02. The van der Waals surface area contributed by atoms with Gasteiger partial charge in [0.15, 0.2) is 11.5 Å². The number of hydrogen-bond donors (Lipinski definition) is 1. The summed E-state index contributed by atoms with van der Waals surface area (Å²) in [6.07, 6.45) is 1.44. The first-order valence-electron chi connectivity index (χ1n) is 3.98. The van der Waals surface area contributed by atoms with E-state index in [1.54, 1.807) is 18.2 Å². The van der Waals surface area contributed by atoms with Crippen molar-refractivity contribution in [2.24, 2.45) is 0 Å². The molecule has 0 aromatic rings. The van der Waals surface area contributed by atoms with Gasteiger partial charge in [-0.3, -0.25) is 0 Å². The third-order valence-electron chi connectivity index (χ3n) is 1.89. The van der Waals surface area contributed by atoms with Gasteiger partial charge in [0.2, 0.25) is 0 Å². The highest BCUT2D eigenvalue weighted by molar-refractivity contribution is 5.90. The highest BCUT2D eigenvalue weighted by atomic mass is 16.5. The summed E-state index contributed by atoms with van der Waals surface area (Å²) in [5, 5.41) is 9.34. The number of carbonyl (C=O) groups excluding carboxylic acids is 1. The van der Waals surface area contributed by atoms with Crippen LogP contribution in [-0.4, -0.2) is 28.0 Å². The van der Waals surface area contributed by atoms with Crippen LogP contribution in [0.15, 0.2) is 24.4 Å². The number of aromatic nitrogens is 2. The standard InChI is InChI=1S/C9H8N2O3/c1-14-9(12)7-5-6-3-2-4-11(13)8(6)10-7/h2-5,13H,1H3. The van der Waals surface area contributed by atoms with Crippen molar-refractivity contribution in [1.29, 1.82) is 0 Å². The maximum Gasteiger partial charge on any atom is 0.356 e. The van der Waals surface area contributed by atoms with Gasteiger partial charge in [0, 0.05) is 11.8 Å². The first-order valence-corrected chi connectivity index (χ1v) is 3.98. The molecule has 14 heavy (non-hydrogen) atoms. The minimum atomic E-state index is -0.513. The predicted molar refractivity (Wildman–Crippen MR) is 47.4 cm³/mol. The third-order valence-corrected chi connectivity index (χ3v) is 1.89. The molecule has 1 N–H and O–H groups in total. The molecule has 2 aliphatic heterocycles. The number of fused-ring (bicyclic) bond motifs is 1. The lowest BCUT2D eigenvalue weighted by molar-refractivity contribution is 0.0595. The van der Waals surface area contributed by atoms with Crippen LogP contribution < -0.4 is 0 Å². The van der Waals surface area contributed by atoms with Crippen LogP contribution in [-0.2, 0) is 4.74 Å². The summed E-state index contributed by atoms with van der Waals surface area (Å²) < 4.78 is 5.38. The quantitative estimate of drug-likeness (QED) is 0.541. The first kappa shape index (κ1) is 8.55. The molecule has 2 aliphatic rings. The van der Waals surface area contributed by atoms with Gasteiger partial charge in [-0.1, -0.05) is 0 Å². The Bertz CT molecular complexity index is 450. The lowest BCUT2D eigenvalue weighted by atomic mass is 10.2. The van der Waals surface area contributed by atoms with Crippen molar-refractivity contribution < 1.29 is 14.7 Å². The summed E-state index contributed by atoms with van der Waals surface area (Å²) >= 11 is 0. The van der Waals surface area contributed by atoms with Crippen molar-refractivity contribution in [1.82, 2.24) is 9.71 Å². The van der Waals surface area contributed by atoms with Gasteiger partial charge in [0.1, 0.15) is 0 Å². The molecule has 0 aliphatic carbocycles. The van der Waals surface area contributed by atoms with Crippen molar-refractivity contribution in [3.8, 4) is 11.4 Å². The number of nitrogens with zero attached hydrogens (tertiary/aromatic N) is 2. The molecule has 0 aromatic heterocycles. The topological polar surface area (TPSA) is 64.3 Å². The fourth-order valence-electron chi connectivity index (χ4n) is 1.24. The molecule has 5 nitrogen and oxygen atoms in total. The average Bonchev–Trinajstić information content (AvgIpc) is 2.62. The summed E-state index contributed by atoms with van der Waals surface area (Å²) in [6, 6.07) is 4.97. The molecule has 0 atom stereocenters. The van der Waals surface area contributed by atoms with E-state index in [1.165, 1.54) is 13.3 Å². The van der Waals surface area contributed by atoms with Gasteiger partial charge >= 0.3 is 5.97 Å². The Labute approximate surface area is 79.9 Å². The number of methoxy groups -OCH3 is 1. The van der Waals surface area contributed by atoms with E-state index >= 15 is 0 Å².